The second-order valence-electron chi connectivity index (χ2n) is 7.22. The Morgan fingerprint density at radius 3 is 2.71 bits per heavy atom. The van der Waals surface area contributed by atoms with Crippen LogP contribution < -0.4 is 9.47 Å². The highest BCUT2D eigenvalue weighted by atomic mass is 32.2. The Hall–Kier alpha value is -2.67. The fraction of sp³-hybridized carbons (Fsp3) is 0.333. The van der Waals surface area contributed by atoms with Gasteiger partial charge in [0, 0.05) is 27.9 Å². The predicted molar refractivity (Wildman–Crippen MR) is 108 cm³/mol. The number of nitrogens with zero attached hydrogens (tertiary/aromatic N) is 2. The molecule has 2 aromatic heterocycles. The van der Waals surface area contributed by atoms with E-state index in [0.717, 1.165) is 23.8 Å². The zero-order chi connectivity index (χ0) is 19.7. The lowest BCUT2D eigenvalue weighted by atomic mass is 10.2. The van der Waals surface area contributed by atoms with Crippen LogP contribution in [-0.4, -0.2) is 25.5 Å². The van der Waals surface area contributed by atoms with Crippen LogP contribution in [-0.2, 0) is 16.3 Å². The van der Waals surface area contributed by atoms with E-state index in [-0.39, 0.29) is 11.4 Å². The summed E-state index contributed by atoms with van der Waals surface area (Å²) in [7, 11) is -2.71. The van der Waals surface area contributed by atoms with Crippen molar-refractivity contribution in [1.29, 1.82) is 4.78 Å². The lowest BCUT2D eigenvalue weighted by Gasteiger charge is -2.13. The molecule has 1 aliphatic rings. The molecule has 4 rings (SSSR count). The Balaban J connectivity index is 1.58. The molecule has 1 fully saturated rings. The molecule has 28 heavy (non-hydrogen) atoms. The molecule has 7 heteroatoms. The average molecular weight is 398 g/mol. The maximum Gasteiger partial charge on any atom is 0.240 e. The van der Waals surface area contributed by atoms with Crippen molar-refractivity contribution in [2.24, 2.45) is 0 Å². The number of hydrogen-bond donors (Lipinski definition) is 1. The Morgan fingerprint density at radius 2 is 1.96 bits per heavy atom. The lowest BCUT2D eigenvalue weighted by Crippen LogP contribution is -2.08. The summed E-state index contributed by atoms with van der Waals surface area (Å²) in [5.41, 5.74) is 1.54. The van der Waals surface area contributed by atoms with Gasteiger partial charge >= 0.3 is 0 Å². The van der Waals surface area contributed by atoms with Crippen LogP contribution >= 0.6 is 0 Å². The first kappa shape index (κ1) is 18.7. The van der Waals surface area contributed by atoms with Gasteiger partial charge in [0.15, 0.2) is 0 Å². The zero-order valence-corrected chi connectivity index (χ0v) is 16.7. The number of fused-ring (bicyclic) bond motifs is 1. The summed E-state index contributed by atoms with van der Waals surface area (Å²) in [4.78, 5) is 9.26. The summed E-state index contributed by atoms with van der Waals surface area (Å²) in [6.07, 6.45) is 5.10. The third kappa shape index (κ3) is 3.80. The van der Waals surface area contributed by atoms with Gasteiger partial charge < -0.3 is 9.47 Å². The fourth-order valence-electron chi connectivity index (χ4n) is 3.04. The Labute approximate surface area is 164 Å². The molecule has 1 N–H and O–H groups in total. The van der Waals surface area contributed by atoms with Crippen molar-refractivity contribution < 1.29 is 13.7 Å². The second kappa shape index (κ2) is 7.39. The van der Waals surface area contributed by atoms with Crippen molar-refractivity contribution in [1.82, 2.24) is 9.97 Å². The third-order valence-corrected chi connectivity index (χ3v) is 6.93. The van der Waals surface area contributed by atoms with E-state index in [4.69, 9.17) is 14.3 Å². The molecule has 146 valence electrons. The van der Waals surface area contributed by atoms with Crippen molar-refractivity contribution >= 4 is 20.6 Å². The summed E-state index contributed by atoms with van der Waals surface area (Å²) in [5, 5.41) is 0.825. The molecular formula is C21H23N3O3S. The van der Waals surface area contributed by atoms with E-state index in [1.54, 1.807) is 18.5 Å². The third-order valence-electron chi connectivity index (χ3n) is 4.57. The first-order valence-corrected chi connectivity index (χ1v) is 11.0. The number of aromatic nitrogens is 2. The molecule has 1 saturated carbocycles. The zero-order valence-electron chi connectivity index (χ0n) is 15.9. The topological polar surface area (TPSA) is 85.2 Å². The number of rotatable bonds is 7. The minimum atomic E-state index is -2.71. The van der Waals surface area contributed by atoms with Crippen LogP contribution in [0, 0.1) is 4.78 Å². The molecular weight excluding hydrogens is 374 g/mol. The highest BCUT2D eigenvalue weighted by Gasteiger charge is 2.33. The van der Waals surface area contributed by atoms with E-state index in [1.165, 1.54) is 0 Å². The van der Waals surface area contributed by atoms with Crippen molar-refractivity contribution in [2.75, 3.05) is 0 Å². The minimum absolute atomic E-state index is 0.000289. The Kier molecular flexibility index (Phi) is 4.93. The van der Waals surface area contributed by atoms with Crippen molar-refractivity contribution in [3.05, 3.63) is 54.4 Å². The number of benzene rings is 1. The number of ether oxygens (including phenoxy) is 2. The van der Waals surface area contributed by atoms with Gasteiger partial charge in [-0.3, -0.25) is 4.98 Å². The molecule has 0 aliphatic heterocycles. The highest BCUT2D eigenvalue weighted by Crippen LogP contribution is 2.34. The van der Waals surface area contributed by atoms with Gasteiger partial charge in [0.2, 0.25) is 5.88 Å². The monoisotopic (exact) mass is 397 g/mol. The number of pyridine rings is 2. The smallest absolute Gasteiger partial charge is 0.240 e. The van der Waals surface area contributed by atoms with Crippen LogP contribution in [0.25, 0.3) is 10.9 Å². The standard InChI is InChI=1S/C21H23N3O3S/c1-14(2)27-21-20-18(8-10-24-21)19(9-11-23-20)26-13-15-4-3-5-17(12-15)28(22,25)16-6-7-16/h3-5,8-12,14,16,22H,6-7,13H2,1-2H3. The summed E-state index contributed by atoms with van der Waals surface area (Å²) < 4.78 is 32.7. The van der Waals surface area contributed by atoms with Crippen LogP contribution in [0.1, 0.15) is 32.3 Å². The Morgan fingerprint density at radius 1 is 1.18 bits per heavy atom. The molecule has 1 aliphatic carbocycles. The van der Waals surface area contributed by atoms with E-state index in [9.17, 15) is 4.21 Å². The van der Waals surface area contributed by atoms with E-state index < -0.39 is 9.73 Å². The summed E-state index contributed by atoms with van der Waals surface area (Å²) in [5.74, 6) is 1.17. The molecule has 0 radical (unpaired) electrons. The van der Waals surface area contributed by atoms with E-state index >= 15 is 0 Å². The molecule has 1 aromatic carbocycles. The molecule has 2 heterocycles. The first-order valence-electron chi connectivity index (χ1n) is 9.35. The molecule has 1 atom stereocenters. The molecule has 0 amide bonds. The van der Waals surface area contributed by atoms with Crippen LogP contribution in [0.3, 0.4) is 0 Å². The second-order valence-corrected chi connectivity index (χ2v) is 9.56. The fourth-order valence-corrected chi connectivity index (χ4v) is 4.83. The maximum atomic E-state index is 12.7. The van der Waals surface area contributed by atoms with Gasteiger partial charge in [-0.05, 0) is 56.5 Å². The van der Waals surface area contributed by atoms with Gasteiger partial charge in [-0.25, -0.2) is 14.0 Å². The molecule has 6 nitrogen and oxygen atoms in total. The van der Waals surface area contributed by atoms with E-state index in [0.29, 0.717) is 28.6 Å². The highest BCUT2D eigenvalue weighted by molar-refractivity contribution is 7.93. The first-order chi connectivity index (χ1) is 13.4. The van der Waals surface area contributed by atoms with Gasteiger partial charge in [-0.2, -0.15) is 0 Å². The van der Waals surface area contributed by atoms with Crippen LogP contribution in [0.15, 0.2) is 53.7 Å². The minimum Gasteiger partial charge on any atom is -0.488 e. The lowest BCUT2D eigenvalue weighted by molar-refractivity contribution is 0.235. The molecule has 0 spiro atoms. The molecule has 0 saturated heterocycles. The van der Waals surface area contributed by atoms with Gasteiger partial charge in [0.1, 0.15) is 17.9 Å². The normalized spacial score (nSPS) is 16.1. The predicted octanol–water partition coefficient (Wildman–Crippen LogP) is 4.56. The number of hydrogen-bond acceptors (Lipinski definition) is 6. The van der Waals surface area contributed by atoms with Crippen molar-refractivity contribution in [3.63, 3.8) is 0 Å². The summed E-state index contributed by atoms with van der Waals surface area (Å²) in [6, 6.07) is 11.0. The summed E-state index contributed by atoms with van der Waals surface area (Å²) in [6.45, 7) is 4.20. The van der Waals surface area contributed by atoms with Gasteiger partial charge in [0.25, 0.3) is 0 Å². The van der Waals surface area contributed by atoms with Gasteiger partial charge in [-0.1, -0.05) is 12.1 Å². The molecule has 0 bridgehead atoms. The molecule has 3 aromatic rings. The summed E-state index contributed by atoms with van der Waals surface area (Å²) >= 11 is 0. The van der Waals surface area contributed by atoms with Crippen LogP contribution in [0.4, 0.5) is 0 Å². The van der Waals surface area contributed by atoms with Crippen LogP contribution in [0.5, 0.6) is 11.6 Å². The SMILES string of the molecule is CC(C)Oc1nccc2c(OCc3cccc(S(=N)(=O)C4CC4)c3)ccnc12. The Bertz CT molecular complexity index is 1110. The average Bonchev–Trinajstić information content (AvgIpc) is 3.52. The van der Waals surface area contributed by atoms with Crippen molar-refractivity contribution in [3.8, 4) is 11.6 Å². The van der Waals surface area contributed by atoms with Gasteiger partial charge in [-0.15, -0.1) is 0 Å². The van der Waals surface area contributed by atoms with E-state index in [2.05, 4.69) is 9.97 Å². The molecule has 1 unspecified atom stereocenters. The largest absolute Gasteiger partial charge is 0.488 e. The van der Waals surface area contributed by atoms with Crippen LogP contribution in [0.2, 0.25) is 0 Å². The van der Waals surface area contributed by atoms with E-state index in [1.807, 2.05) is 44.2 Å². The quantitative estimate of drug-likeness (QED) is 0.631. The van der Waals surface area contributed by atoms with Gasteiger partial charge in [0.05, 0.1) is 15.8 Å². The number of nitrogens with one attached hydrogen (secondary N) is 1. The maximum absolute atomic E-state index is 12.7. The van der Waals surface area contributed by atoms with Crippen molar-refractivity contribution in [2.45, 2.75) is 49.5 Å².